The molecule has 4 rings (SSSR count). The van der Waals surface area contributed by atoms with Gasteiger partial charge in [0.25, 0.3) is 5.71 Å². The lowest BCUT2D eigenvalue weighted by molar-refractivity contribution is -0.125. The zero-order chi connectivity index (χ0) is 21.1. The molecule has 1 N–H and O–H groups in total. The van der Waals surface area contributed by atoms with Gasteiger partial charge in [-0.2, -0.15) is 4.98 Å². The minimum atomic E-state index is -0.108. The molecule has 8 heteroatoms. The molecule has 30 heavy (non-hydrogen) atoms. The lowest BCUT2D eigenvalue weighted by atomic mass is 9.96. The number of methoxy groups -OCH3 is 1. The van der Waals surface area contributed by atoms with E-state index in [4.69, 9.17) is 9.26 Å². The number of carbonyl (C=O) groups excluding carboxylic acids is 1. The quantitative estimate of drug-likeness (QED) is 0.669. The van der Waals surface area contributed by atoms with E-state index in [9.17, 15) is 4.79 Å². The van der Waals surface area contributed by atoms with E-state index in [-0.39, 0.29) is 11.8 Å². The summed E-state index contributed by atoms with van der Waals surface area (Å²) in [5.41, 5.74) is 2.33. The first kappa shape index (κ1) is 20.1. The van der Waals surface area contributed by atoms with Crippen molar-refractivity contribution in [1.82, 2.24) is 20.4 Å². The zero-order valence-electron chi connectivity index (χ0n) is 17.6. The Morgan fingerprint density at radius 3 is 2.97 bits per heavy atom. The third-order valence-corrected chi connectivity index (χ3v) is 5.57. The van der Waals surface area contributed by atoms with Crippen LogP contribution in [0.5, 0.6) is 5.75 Å². The second-order valence-electron chi connectivity index (χ2n) is 7.57. The lowest BCUT2D eigenvalue weighted by Crippen LogP contribution is -2.43. The Labute approximate surface area is 175 Å². The van der Waals surface area contributed by atoms with Crippen molar-refractivity contribution in [1.29, 1.82) is 0 Å². The number of ether oxygens (including phenoxy) is 1. The molecule has 0 unspecified atom stereocenters. The smallest absolute Gasteiger partial charge is 0.263 e. The number of nitrogens with zero attached hydrogens (tertiary/aromatic N) is 4. The highest BCUT2D eigenvalue weighted by atomic mass is 16.5. The summed E-state index contributed by atoms with van der Waals surface area (Å²) in [4.78, 5) is 24.1. The van der Waals surface area contributed by atoms with E-state index in [1.165, 1.54) is 0 Å². The Bertz CT molecular complexity index is 1050. The number of para-hydroxylation sites is 1. The van der Waals surface area contributed by atoms with Gasteiger partial charge in [-0.25, -0.2) is 4.98 Å². The van der Waals surface area contributed by atoms with E-state index >= 15 is 0 Å². The van der Waals surface area contributed by atoms with Crippen LogP contribution in [0.25, 0.3) is 11.1 Å². The minimum absolute atomic E-state index is 0.0497. The van der Waals surface area contributed by atoms with Crippen LogP contribution in [0, 0.1) is 12.8 Å². The molecular formula is C22H27N5O3. The van der Waals surface area contributed by atoms with Crippen molar-refractivity contribution in [3.63, 3.8) is 0 Å². The number of benzene rings is 1. The topological polar surface area (TPSA) is 93.4 Å². The van der Waals surface area contributed by atoms with Crippen molar-refractivity contribution in [3.8, 4) is 5.75 Å². The second kappa shape index (κ2) is 8.69. The molecular weight excluding hydrogens is 382 g/mol. The van der Waals surface area contributed by atoms with Crippen molar-refractivity contribution in [2.24, 2.45) is 5.92 Å². The second-order valence-corrected chi connectivity index (χ2v) is 7.57. The van der Waals surface area contributed by atoms with E-state index < -0.39 is 0 Å². The van der Waals surface area contributed by atoms with Gasteiger partial charge >= 0.3 is 0 Å². The predicted octanol–water partition coefficient (Wildman–Crippen LogP) is 3.03. The number of hydrogen-bond acceptors (Lipinski definition) is 7. The SMILES string of the molecule is CCc1noc2nc(C)nc(N3CCC[C@H](C(=O)NCc4ccccc4OC)C3)c12. The van der Waals surface area contributed by atoms with Crippen molar-refractivity contribution >= 4 is 22.8 Å². The van der Waals surface area contributed by atoms with Crippen molar-refractivity contribution in [2.75, 3.05) is 25.1 Å². The van der Waals surface area contributed by atoms with Gasteiger partial charge in [0, 0.05) is 25.2 Å². The first-order valence-electron chi connectivity index (χ1n) is 10.4. The number of aryl methyl sites for hydroxylation is 2. The lowest BCUT2D eigenvalue weighted by Gasteiger charge is -2.33. The van der Waals surface area contributed by atoms with Crippen molar-refractivity contribution in [3.05, 3.63) is 41.3 Å². The number of rotatable bonds is 6. The molecule has 1 aliphatic rings. The molecule has 2 aromatic heterocycles. The van der Waals surface area contributed by atoms with Gasteiger partial charge in [-0.3, -0.25) is 4.79 Å². The molecule has 1 atom stereocenters. The normalized spacial score (nSPS) is 16.6. The summed E-state index contributed by atoms with van der Waals surface area (Å²) < 4.78 is 10.8. The molecule has 1 fully saturated rings. The van der Waals surface area contributed by atoms with E-state index in [0.717, 1.165) is 54.0 Å². The van der Waals surface area contributed by atoms with Gasteiger partial charge < -0.3 is 19.5 Å². The van der Waals surface area contributed by atoms with Crippen LogP contribution in [0.4, 0.5) is 5.82 Å². The Balaban J connectivity index is 1.50. The number of fused-ring (bicyclic) bond motifs is 1. The molecule has 3 heterocycles. The van der Waals surface area contributed by atoms with Crippen molar-refractivity contribution in [2.45, 2.75) is 39.7 Å². The van der Waals surface area contributed by atoms with Gasteiger partial charge in [0.1, 0.15) is 22.8 Å². The van der Waals surface area contributed by atoms with E-state index in [1.807, 2.05) is 38.1 Å². The summed E-state index contributed by atoms with van der Waals surface area (Å²) in [6, 6.07) is 7.73. The molecule has 1 saturated heterocycles. The Kier molecular flexibility index (Phi) is 5.83. The molecule has 0 aliphatic carbocycles. The fraction of sp³-hybridized carbons (Fsp3) is 0.455. The number of aromatic nitrogens is 3. The van der Waals surface area contributed by atoms with E-state index in [1.54, 1.807) is 7.11 Å². The van der Waals surface area contributed by atoms with Crippen molar-refractivity contribution < 1.29 is 14.1 Å². The maximum absolute atomic E-state index is 12.9. The largest absolute Gasteiger partial charge is 0.496 e. The number of piperidine rings is 1. The van der Waals surface area contributed by atoms with Gasteiger partial charge in [0.05, 0.1) is 18.7 Å². The van der Waals surface area contributed by atoms with Crippen LogP contribution >= 0.6 is 0 Å². The monoisotopic (exact) mass is 409 g/mol. The summed E-state index contributed by atoms with van der Waals surface area (Å²) in [6.45, 7) is 5.78. The van der Waals surface area contributed by atoms with Gasteiger partial charge in [-0.1, -0.05) is 30.3 Å². The van der Waals surface area contributed by atoms with Crippen LogP contribution in [-0.2, 0) is 17.8 Å². The summed E-state index contributed by atoms with van der Waals surface area (Å²) >= 11 is 0. The Morgan fingerprint density at radius 2 is 2.17 bits per heavy atom. The third-order valence-electron chi connectivity index (χ3n) is 5.57. The average molecular weight is 409 g/mol. The average Bonchev–Trinajstić information content (AvgIpc) is 3.20. The number of carbonyl (C=O) groups is 1. The summed E-state index contributed by atoms with van der Waals surface area (Å²) in [7, 11) is 1.64. The zero-order valence-corrected chi connectivity index (χ0v) is 17.6. The van der Waals surface area contributed by atoms with Crippen LogP contribution in [-0.4, -0.2) is 41.2 Å². The van der Waals surface area contributed by atoms with Gasteiger partial charge in [0.15, 0.2) is 0 Å². The number of anilines is 1. The minimum Gasteiger partial charge on any atom is -0.496 e. The summed E-state index contributed by atoms with van der Waals surface area (Å²) in [6.07, 6.45) is 2.51. The molecule has 0 bridgehead atoms. The Hall–Kier alpha value is -3.16. The highest BCUT2D eigenvalue weighted by Gasteiger charge is 2.29. The molecule has 1 aliphatic heterocycles. The summed E-state index contributed by atoms with van der Waals surface area (Å²) in [5, 5.41) is 8.08. The molecule has 158 valence electrons. The maximum atomic E-state index is 12.9. The fourth-order valence-corrected chi connectivity index (χ4v) is 4.02. The molecule has 3 aromatic rings. The highest BCUT2D eigenvalue weighted by molar-refractivity contribution is 5.89. The van der Waals surface area contributed by atoms with Gasteiger partial charge in [0.2, 0.25) is 5.91 Å². The molecule has 8 nitrogen and oxygen atoms in total. The molecule has 1 aromatic carbocycles. The molecule has 0 radical (unpaired) electrons. The van der Waals surface area contributed by atoms with Crippen LogP contribution in [0.15, 0.2) is 28.8 Å². The molecule has 0 saturated carbocycles. The number of nitrogens with one attached hydrogen (secondary N) is 1. The van der Waals surface area contributed by atoms with Crippen LogP contribution in [0.2, 0.25) is 0 Å². The van der Waals surface area contributed by atoms with Gasteiger partial charge in [-0.05, 0) is 32.3 Å². The van der Waals surface area contributed by atoms with Crippen LogP contribution in [0.3, 0.4) is 0 Å². The van der Waals surface area contributed by atoms with Crippen LogP contribution < -0.4 is 15.0 Å². The van der Waals surface area contributed by atoms with E-state index in [0.29, 0.717) is 24.6 Å². The number of amides is 1. The van der Waals surface area contributed by atoms with Gasteiger partial charge in [-0.15, -0.1) is 0 Å². The maximum Gasteiger partial charge on any atom is 0.263 e. The highest BCUT2D eigenvalue weighted by Crippen LogP contribution is 2.31. The molecule has 0 spiro atoms. The predicted molar refractivity (Wildman–Crippen MR) is 113 cm³/mol. The third kappa shape index (κ3) is 3.94. The van der Waals surface area contributed by atoms with E-state index in [2.05, 4.69) is 25.3 Å². The first-order chi connectivity index (χ1) is 14.6. The number of hydrogen-bond donors (Lipinski definition) is 1. The first-order valence-corrected chi connectivity index (χ1v) is 10.4. The molecule has 1 amide bonds. The van der Waals surface area contributed by atoms with Crippen LogP contribution in [0.1, 0.15) is 36.8 Å². The summed E-state index contributed by atoms with van der Waals surface area (Å²) in [5.74, 6) is 2.18. The fourth-order valence-electron chi connectivity index (χ4n) is 4.02. The Morgan fingerprint density at radius 1 is 1.33 bits per heavy atom. The standard InChI is InChI=1S/C22H27N5O3/c1-4-17-19-20(24-14(2)25-22(19)30-26-17)27-11-7-9-16(13-27)21(28)23-12-15-8-5-6-10-18(15)29-3/h5-6,8,10,16H,4,7,9,11-13H2,1-3H3,(H,23,28)/t16-/m0/s1.